The van der Waals surface area contributed by atoms with Crippen LogP contribution in [-0.4, -0.2) is 26.3 Å². The smallest absolute Gasteiger partial charge is 0.217 e. The minimum Gasteiger partial charge on any atom is -0.493 e. The third kappa shape index (κ3) is 3.55. The molecule has 1 aliphatic heterocycles. The zero-order valence-corrected chi connectivity index (χ0v) is 17.0. The van der Waals surface area contributed by atoms with Gasteiger partial charge >= 0.3 is 0 Å². The highest BCUT2D eigenvalue weighted by Crippen LogP contribution is 2.45. The Morgan fingerprint density at radius 2 is 1.68 bits per heavy atom. The summed E-state index contributed by atoms with van der Waals surface area (Å²) in [5.74, 6) is 2.94. The van der Waals surface area contributed by atoms with Crippen molar-refractivity contribution in [1.29, 1.82) is 0 Å². The van der Waals surface area contributed by atoms with Crippen LogP contribution in [0.15, 0.2) is 30.5 Å². The zero-order valence-electron chi connectivity index (χ0n) is 17.0. The van der Waals surface area contributed by atoms with E-state index in [0.29, 0.717) is 17.8 Å². The zero-order chi connectivity index (χ0) is 19.5. The number of pyridine rings is 1. The minimum atomic E-state index is 0.168. The standard InChI is InChI=1S/C23H30N2O3/c1-26-20-13-16-12-19(17-10-7-11-24-23(17)28-3)25-22(15-8-5-4-6-9-15)18(16)14-21(20)27-2/h7,10-11,13-15,19,22,25H,4-6,8-9,12H2,1-3H3/t19-,22-/m1/s1. The van der Waals surface area contributed by atoms with E-state index in [9.17, 15) is 0 Å². The van der Waals surface area contributed by atoms with Crippen molar-refractivity contribution in [1.82, 2.24) is 10.3 Å². The van der Waals surface area contributed by atoms with E-state index in [1.165, 1.54) is 43.2 Å². The van der Waals surface area contributed by atoms with Crippen molar-refractivity contribution in [2.45, 2.75) is 50.6 Å². The van der Waals surface area contributed by atoms with Crippen molar-refractivity contribution in [2.75, 3.05) is 21.3 Å². The Labute approximate surface area is 167 Å². The van der Waals surface area contributed by atoms with Gasteiger partial charge in [0.1, 0.15) is 0 Å². The molecule has 4 rings (SSSR count). The molecule has 1 N–H and O–H groups in total. The summed E-state index contributed by atoms with van der Waals surface area (Å²) >= 11 is 0. The van der Waals surface area contributed by atoms with E-state index in [2.05, 4.69) is 28.5 Å². The van der Waals surface area contributed by atoms with E-state index >= 15 is 0 Å². The summed E-state index contributed by atoms with van der Waals surface area (Å²) in [6.07, 6.45) is 9.16. The number of hydrogen-bond acceptors (Lipinski definition) is 5. The number of methoxy groups -OCH3 is 3. The lowest BCUT2D eigenvalue weighted by Gasteiger charge is -2.40. The second kappa shape index (κ2) is 8.39. The fourth-order valence-corrected chi connectivity index (χ4v) is 4.88. The Morgan fingerprint density at radius 1 is 0.929 bits per heavy atom. The highest BCUT2D eigenvalue weighted by atomic mass is 16.5. The van der Waals surface area contributed by atoms with Gasteiger partial charge in [-0.05, 0) is 54.5 Å². The van der Waals surface area contributed by atoms with E-state index in [0.717, 1.165) is 23.5 Å². The van der Waals surface area contributed by atoms with Gasteiger partial charge in [-0.1, -0.05) is 25.3 Å². The maximum absolute atomic E-state index is 5.60. The van der Waals surface area contributed by atoms with Gasteiger partial charge < -0.3 is 19.5 Å². The van der Waals surface area contributed by atoms with Crippen molar-refractivity contribution in [3.05, 3.63) is 47.2 Å². The molecule has 5 nitrogen and oxygen atoms in total. The van der Waals surface area contributed by atoms with E-state index in [1.807, 2.05) is 6.07 Å². The maximum atomic E-state index is 5.60. The van der Waals surface area contributed by atoms with Gasteiger partial charge in [-0.25, -0.2) is 4.98 Å². The summed E-state index contributed by atoms with van der Waals surface area (Å²) in [5, 5.41) is 3.94. The van der Waals surface area contributed by atoms with E-state index < -0.39 is 0 Å². The molecule has 2 atom stereocenters. The maximum Gasteiger partial charge on any atom is 0.217 e. The first-order valence-corrected chi connectivity index (χ1v) is 10.2. The van der Waals surface area contributed by atoms with Crippen molar-refractivity contribution < 1.29 is 14.2 Å². The normalized spacial score (nSPS) is 22.4. The molecule has 0 unspecified atom stereocenters. The number of fused-ring (bicyclic) bond motifs is 1. The third-order valence-electron chi connectivity index (χ3n) is 6.28. The van der Waals surface area contributed by atoms with Gasteiger partial charge in [0.25, 0.3) is 0 Å². The summed E-state index contributed by atoms with van der Waals surface area (Å²) in [5.41, 5.74) is 3.79. The van der Waals surface area contributed by atoms with E-state index in [-0.39, 0.29) is 6.04 Å². The first-order chi connectivity index (χ1) is 13.7. The molecule has 1 aromatic carbocycles. The van der Waals surface area contributed by atoms with Crippen LogP contribution in [0, 0.1) is 5.92 Å². The lowest BCUT2D eigenvalue weighted by Crippen LogP contribution is -2.38. The summed E-state index contributed by atoms with van der Waals surface area (Å²) in [6, 6.07) is 8.91. The Bertz CT molecular complexity index is 817. The molecule has 0 amide bonds. The molecule has 0 radical (unpaired) electrons. The average molecular weight is 383 g/mol. The van der Waals surface area contributed by atoms with Crippen LogP contribution in [0.2, 0.25) is 0 Å². The molecule has 2 aromatic rings. The molecule has 1 saturated carbocycles. The second-order valence-electron chi connectivity index (χ2n) is 7.81. The highest BCUT2D eigenvalue weighted by molar-refractivity contribution is 5.50. The lowest BCUT2D eigenvalue weighted by atomic mass is 9.76. The molecule has 28 heavy (non-hydrogen) atoms. The van der Waals surface area contributed by atoms with Crippen LogP contribution in [0.4, 0.5) is 0 Å². The average Bonchev–Trinajstić information content (AvgIpc) is 2.77. The number of ether oxygens (including phenoxy) is 3. The lowest BCUT2D eigenvalue weighted by molar-refractivity contribution is 0.238. The molecule has 0 saturated heterocycles. The topological polar surface area (TPSA) is 52.6 Å². The van der Waals surface area contributed by atoms with E-state index in [1.54, 1.807) is 27.5 Å². The van der Waals surface area contributed by atoms with Crippen LogP contribution in [0.3, 0.4) is 0 Å². The molecule has 150 valence electrons. The van der Waals surface area contributed by atoms with Gasteiger partial charge in [0, 0.05) is 23.8 Å². The summed E-state index contributed by atoms with van der Waals surface area (Å²) in [6.45, 7) is 0. The van der Waals surface area contributed by atoms with Crippen LogP contribution >= 0.6 is 0 Å². The minimum absolute atomic E-state index is 0.168. The number of nitrogens with one attached hydrogen (secondary N) is 1. The van der Waals surface area contributed by atoms with Gasteiger partial charge in [0.05, 0.1) is 21.3 Å². The van der Waals surface area contributed by atoms with Crippen LogP contribution in [0.1, 0.15) is 60.9 Å². The van der Waals surface area contributed by atoms with Crippen molar-refractivity contribution in [3.63, 3.8) is 0 Å². The molecule has 0 bridgehead atoms. The van der Waals surface area contributed by atoms with Crippen LogP contribution in [-0.2, 0) is 6.42 Å². The van der Waals surface area contributed by atoms with Crippen molar-refractivity contribution >= 4 is 0 Å². The Morgan fingerprint density at radius 3 is 2.39 bits per heavy atom. The fourth-order valence-electron chi connectivity index (χ4n) is 4.88. The Balaban J connectivity index is 1.76. The summed E-state index contributed by atoms with van der Waals surface area (Å²) < 4.78 is 16.7. The molecule has 2 aliphatic rings. The number of nitrogens with zero attached hydrogens (tertiary/aromatic N) is 1. The molecular weight excluding hydrogens is 352 g/mol. The molecular formula is C23H30N2O3. The molecule has 1 aromatic heterocycles. The summed E-state index contributed by atoms with van der Waals surface area (Å²) in [7, 11) is 5.10. The van der Waals surface area contributed by atoms with Crippen molar-refractivity contribution in [2.24, 2.45) is 5.92 Å². The fraction of sp³-hybridized carbons (Fsp3) is 0.522. The predicted octanol–water partition coefficient (Wildman–Crippen LogP) is 4.62. The molecule has 1 fully saturated rings. The van der Waals surface area contributed by atoms with Gasteiger partial charge in [-0.3, -0.25) is 0 Å². The number of hydrogen-bond donors (Lipinski definition) is 1. The largest absolute Gasteiger partial charge is 0.493 e. The SMILES string of the molecule is COc1cc2c(cc1OC)[C@@H](C1CCCCC1)N[C@@H](c1cccnc1OC)C2. The monoisotopic (exact) mass is 382 g/mol. The van der Waals surface area contributed by atoms with Gasteiger partial charge in [0.15, 0.2) is 11.5 Å². The third-order valence-corrected chi connectivity index (χ3v) is 6.28. The molecule has 0 spiro atoms. The summed E-state index contributed by atoms with van der Waals surface area (Å²) in [4.78, 5) is 4.42. The first-order valence-electron chi connectivity index (χ1n) is 10.2. The highest BCUT2D eigenvalue weighted by Gasteiger charge is 2.35. The Hall–Kier alpha value is -2.27. The second-order valence-corrected chi connectivity index (χ2v) is 7.81. The van der Waals surface area contributed by atoms with Crippen molar-refractivity contribution in [3.8, 4) is 17.4 Å². The van der Waals surface area contributed by atoms with Crippen LogP contribution < -0.4 is 19.5 Å². The quantitative estimate of drug-likeness (QED) is 0.818. The predicted molar refractivity (Wildman–Crippen MR) is 109 cm³/mol. The van der Waals surface area contributed by atoms with Gasteiger partial charge in [-0.2, -0.15) is 0 Å². The number of rotatable bonds is 5. The first kappa shape index (κ1) is 19.1. The Kier molecular flexibility index (Phi) is 5.72. The van der Waals surface area contributed by atoms with Crippen LogP contribution in [0.5, 0.6) is 17.4 Å². The van der Waals surface area contributed by atoms with E-state index in [4.69, 9.17) is 14.2 Å². The number of benzene rings is 1. The molecule has 2 heterocycles. The number of aromatic nitrogens is 1. The van der Waals surface area contributed by atoms with Gasteiger partial charge in [0.2, 0.25) is 5.88 Å². The van der Waals surface area contributed by atoms with Crippen LogP contribution in [0.25, 0.3) is 0 Å². The van der Waals surface area contributed by atoms with Gasteiger partial charge in [-0.15, -0.1) is 0 Å². The molecule has 1 aliphatic carbocycles. The molecule has 5 heteroatoms.